The van der Waals surface area contributed by atoms with Crippen molar-refractivity contribution in [1.29, 1.82) is 0 Å². The molecular weight excluding hydrogens is 404 g/mol. The molecule has 0 aromatic heterocycles. The van der Waals surface area contributed by atoms with Crippen molar-refractivity contribution in [2.75, 3.05) is 31.1 Å². The van der Waals surface area contributed by atoms with E-state index in [4.69, 9.17) is 11.6 Å². The zero-order valence-electron chi connectivity index (χ0n) is 16.6. The van der Waals surface area contributed by atoms with E-state index < -0.39 is 0 Å². The van der Waals surface area contributed by atoms with Gasteiger partial charge in [-0.3, -0.25) is 14.4 Å². The van der Waals surface area contributed by atoms with E-state index in [0.29, 0.717) is 49.6 Å². The number of carbonyl (C=O) groups is 3. The van der Waals surface area contributed by atoms with Crippen LogP contribution >= 0.6 is 11.6 Å². The summed E-state index contributed by atoms with van der Waals surface area (Å²) in [5.74, 6) is -0.215. The number of halogens is 1. The van der Waals surface area contributed by atoms with E-state index in [1.807, 2.05) is 29.2 Å². The topological polar surface area (TPSA) is 90.5 Å². The Morgan fingerprint density at radius 1 is 1.03 bits per heavy atom. The number of nitrogens with one attached hydrogen (secondary N) is 3. The number of anilines is 1. The standard InChI is InChI=1S/C22H25ClN4O3/c23-18-7-5-17(6-8-18)22(30)25-11-1-2-20(28)26-14-16-3-9-19(10-4-16)27-13-12-24-21(29)15-27/h3-10H,1-2,11-15H2,(H,24,29)(H,25,30)(H,26,28). The predicted octanol–water partition coefficient (Wildman–Crippen LogP) is 2.10. The van der Waals surface area contributed by atoms with Gasteiger partial charge in [0.1, 0.15) is 0 Å². The Morgan fingerprint density at radius 3 is 2.47 bits per heavy atom. The van der Waals surface area contributed by atoms with Crippen molar-refractivity contribution in [3.8, 4) is 0 Å². The Morgan fingerprint density at radius 2 is 1.77 bits per heavy atom. The fourth-order valence-electron chi connectivity index (χ4n) is 3.13. The Balaban J connectivity index is 1.34. The molecule has 2 aromatic rings. The maximum absolute atomic E-state index is 12.0. The van der Waals surface area contributed by atoms with Crippen molar-refractivity contribution in [3.05, 3.63) is 64.7 Å². The first-order valence-corrected chi connectivity index (χ1v) is 10.3. The van der Waals surface area contributed by atoms with Crippen LogP contribution in [0.4, 0.5) is 5.69 Å². The highest BCUT2D eigenvalue weighted by atomic mass is 35.5. The number of nitrogens with zero attached hydrogens (tertiary/aromatic N) is 1. The summed E-state index contributed by atoms with van der Waals surface area (Å²) in [6.07, 6.45) is 0.892. The first kappa shape index (κ1) is 21.6. The Labute approximate surface area is 180 Å². The number of piperazine rings is 1. The van der Waals surface area contributed by atoms with Crippen LogP contribution < -0.4 is 20.9 Å². The van der Waals surface area contributed by atoms with Crippen LogP contribution in [-0.2, 0) is 16.1 Å². The number of hydrogen-bond acceptors (Lipinski definition) is 4. The molecule has 0 atom stereocenters. The smallest absolute Gasteiger partial charge is 0.251 e. The van der Waals surface area contributed by atoms with Crippen molar-refractivity contribution in [2.45, 2.75) is 19.4 Å². The molecule has 1 fully saturated rings. The fourth-order valence-corrected chi connectivity index (χ4v) is 3.25. The second-order valence-electron chi connectivity index (χ2n) is 7.08. The lowest BCUT2D eigenvalue weighted by atomic mass is 10.1. The van der Waals surface area contributed by atoms with Gasteiger partial charge in [0, 0.05) is 48.9 Å². The summed E-state index contributed by atoms with van der Waals surface area (Å²) >= 11 is 5.81. The van der Waals surface area contributed by atoms with E-state index in [9.17, 15) is 14.4 Å². The summed E-state index contributed by atoms with van der Waals surface area (Å²) < 4.78 is 0. The van der Waals surface area contributed by atoms with Crippen LogP contribution in [0.3, 0.4) is 0 Å². The quantitative estimate of drug-likeness (QED) is 0.561. The highest BCUT2D eigenvalue weighted by Crippen LogP contribution is 2.16. The van der Waals surface area contributed by atoms with E-state index in [1.54, 1.807) is 24.3 Å². The van der Waals surface area contributed by atoms with Gasteiger partial charge in [-0.1, -0.05) is 23.7 Å². The molecule has 3 amide bonds. The number of rotatable bonds is 8. The highest BCUT2D eigenvalue weighted by molar-refractivity contribution is 6.30. The summed E-state index contributed by atoms with van der Waals surface area (Å²) in [6, 6.07) is 14.5. The Hall–Kier alpha value is -3.06. The highest BCUT2D eigenvalue weighted by Gasteiger charge is 2.16. The van der Waals surface area contributed by atoms with Crippen LogP contribution in [0.1, 0.15) is 28.8 Å². The summed E-state index contributed by atoms with van der Waals surface area (Å²) in [7, 11) is 0. The minimum atomic E-state index is -0.182. The molecule has 2 aromatic carbocycles. The first-order chi connectivity index (χ1) is 14.5. The molecule has 1 saturated heterocycles. The van der Waals surface area contributed by atoms with Gasteiger partial charge in [0.15, 0.2) is 0 Å². The van der Waals surface area contributed by atoms with Crippen molar-refractivity contribution >= 4 is 35.0 Å². The van der Waals surface area contributed by atoms with Gasteiger partial charge in [0.2, 0.25) is 11.8 Å². The van der Waals surface area contributed by atoms with Crippen molar-refractivity contribution in [3.63, 3.8) is 0 Å². The molecular formula is C22H25ClN4O3. The van der Waals surface area contributed by atoms with Crippen LogP contribution in [0, 0.1) is 0 Å². The zero-order chi connectivity index (χ0) is 21.3. The summed E-state index contributed by atoms with van der Waals surface area (Å²) in [5, 5.41) is 9.07. The van der Waals surface area contributed by atoms with Gasteiger partial charge in [-0.2, -0.15) is 0 Å². The molecule has 0 radical (unpaired) electrons. The molecule has 1 aliphatic rings. The second-order valence-corrected chi connectivity index (χ2v) is 7.52. The SMILES string of the molecule is O=C(CCCNC(=O)c1ccc(Cl)cc1)NCc1ccc(N2CCNC(=O)C2)cc1. The molecule has 8 heteroatoms. The van der Waals surface area contributed by atoms with Gasteiger partial charge >= 0.3 is 0 Å². The number of carbonyl (C=O) groups excluding carboxylic acids is 3. The van der Waals surface area contributed by atoms with E-state index in [1.165, 1.54) is 0 Å². The average molecular weight is 429 g/mol. The third-order valence-electron chi connectivity index (χ3n) is 4.80. The first-order valence-electron chi connectivity index (χ1n) is 9.92. The normalized spacial score (nSPS) is 13.5. The molecule has 30 heavy (non-hydrogen) atoms. The number of amides is 3. The molecule has 0 aliphatic carbocycles. The van der Waals surface area contributed by atoms with Gasteiger partial charge in [0.25, 0.3) is 5.91 Å². The lowest BCUT2D eigenvalue weighted by Crippen LogP contribution is -2.47. The maximum atomic E-state index is 12.0. The van der Waals surface area contributed by atoms with Gasteiger partial charge in [-0.05, 0) is 48.4 Å². The lowest BCUT2D eigenvalue weighted by Gasteiger charge is -2.28. The minimum Gasteiger partial charge on any atom is -0.360 e. The van der Waals surface area contributed by atoms with E-state index in [2.05, 4.69) is 16.0 Å². The number of benzene rings is 2. The molecule has 3 rings (SSSR count). The van der Waals surface area contributed by atoms with Crippen molar-refractivity contribution < 1.29 is 14.4 Å². The fraction of sp³-hybridized carbons (Fsp3) is 0.318. The van der Waals surface area contributed by atoms with Crippen molar-refractivity contribution in [2.24, 2.45) is 0 Å². The lowest BCUT2D eigenvalue weighted by molar-refractivity contribution is -0.121. The third-order valence-corrected chi connectivity index (χ3v) is 5.05. The predicted molar refractivity (Wildman–Crippen MR) is 117 cm³/mol. The minimum absolute atomic E-state index is 0.0296. The van der Waals surface area contributed by atoms with Crippen molar-refractivity contribution in [1.82, 2.24) is 16.0 Å². The second kappa shape index (κ2) is 10.6. The molecule has 0 bridgehead atoms. The summed E-state index contributed by atoms with van der Waals surface area (Å²) in [5.41, 5.74) is 2.53. The zero-order valence-corrected chi connectivity index (χ0v) is 17.4. The van der Waals surface area contributed by atoms with E-state index >= 15 is 0 Å². The van der Waals surface area contributed by atoms with Crippen LogP contribution in [0.5, 0.6) is 0 Å². The van der Waals surface area contributed by atoms with E-state index in [-0.39, 0.29) is 17.7 Å². The monoisotopic (exact) mass is 428 g/mol. The average Bonchev–Trinajstić information content (AvgIpc) is 2.76. The third kappa shape index (κ3) is 6.49. The molecule has 1 heterocycles. The van der Waals surface area contributed by atoms with Gasteiger partial charge < -0.3 is 20.9 Å². The maximum Gasteiger partial charge on any atom is 0.251 e. The largest absolute Gasteiger partial charge is 0.360 e. The van der Waals surface area contributed by atoms with Crippen LogP contribution in [0.15, 0.2) is 48.5 Å². The molecule has 0 spiro atoms. The summed E-state index contributed by atoms with van der Waals surface area (Å²) in [6.45, 7) is 2.67. The molecule has 158 valence electrons. The van der Waals surface area contributed by atoms with E-state index in [0.717, 1.165) is 17.8 Å². The molecule has 7 nitrogen and oxygen atoms in total. The van der Waals surface area contributed by atoms with Gasteiger partial charge in [0.05, 0.1) is 6.54 Å². The summed E-state index contributed by atoms with van der Waals surface area (Å²) in [4.78, 5) is 37.5. The van der Waals surface area contributed by atoms with Crippen LogP contribution in [0.2, 0.25) is 5.02 Å². The van der Waals surface area contributed by atoms with Crippen LogP contribution in [-0.4, -0.2) is 43.9 Å². The molecule has 0 unspecified atom stereocenters. The van der Waals surface area contributed by atoms with Gasteiger partial charge in [-0.15, -0.1) is 0 Å². The molecule has 1 aliphatic heterocycles. The Kier molecular flexibility index (Phi) is 7.68. The molecule has 3 N–H and O–H groups in total. The molecule has 0 saturated carbocycles. The van der Waals surface area contributed by atoms with Gasteiger partial charge in [-0.25, -0.2) is 0 Å². The van der Waals surface area contributed by atoms with Crippen LogP contribution in [0.25, 0.3) is 0 Å². The number of hydrogen-bond donors (Lipinski definition) is 3. The Bertz CT molecular complexity index is 884.